The number of carbonyl (C=O) groups excluding carboxylic acids is 2. The zero-order valence-corrected chi connectivity index (χ0v) is 15.1. The summed E-state index contributed by atoms with van der Waals surface area (Å²) in [5.41, 5.74) is 2.85. The Bertz CT molecular complexity index is 895. The van der Waals surface area contributed by atoms with Crippen molar-refractivity contribution in [2.75, 3.05) is 12.4 Å². The molecule has 2 aromatic rings. The normalized spacial score (nSPS) is 11.3. The van der Waals surface area contributed by atoms with Crippen molar-refractivity contribution in [2.24, 2.45) is 5.10 Å². The molecule has 0 radical (unpaired) electrons. The van der Waals surface area contributed by atoms with Crippen molar-refractivity contribution in [2.45, 2.75) is 19.5 Å². The van der Waals surface area contributed by atoms with Gasteiger partial charge in [0.2, 0.25) is 11.8 Å². The van der Waals surface area contributed by atoms with Crippen molar-refractivity contribution >= 4 is 23.7 Å². The maximum Gasteiger partial charge on any atom is 0.416 e. The van der Waals surface area contributed by atoms with E-state index in [2.05, 4.69) is 15.8 Å². The third-order valence-corrected chi connectivity index (χ3v) is 3.63. The van der Waals surface area contributed by atoms with Gasteiger partial charge in [-0.2, -0.15) is 18.3 Å². The topological polar surface area (TPSA) is 79.8 Å². The lowest BCUT2D eigenvalue weighted by atomic mass is 10.1. The SMILES string of the molecule is COc1cc(C=NNC(=O)CC(=O)Nc2cccc(C(F)(F)F)c2)ccc1C. The highest BCUT2D eigenvalue weighted by atomic mass is 19.4. The van der Waals surface area contributed by atoms with Crippen molar-refractivity contribution in [1.29, 1.82) is 0 Å². The average molecular weight is 393 g/mol. The third-order valence-electron chi connectivity index (χ3n) is 3.63. The predicted molar refractivity (Wildman–Crippen MR) is 98.2 cm³/mol. The molecule has 0 saturated heterocycles. The first-order chi connectivity index (χ1) is 13.2. The first kappa shape index (κ1) is 20.9. The van der Waals surface area contributed by atoms with Crippen LogP contribution in [0.15, 0.2) is 47.6 Å². The largest absolute Gasteiger partial charge is 0.496 e. The van der Waals surface area contributed by atoms with E-state index in [1.165, 1.54) is 25.5 Å². The number of halogens is 3. The lowest BCUT2D eigenvalue weighted by Gasteiger charge is -2.09. The number of hydrogen-bond donors (Lipinski definition) is 2. The number of ether oxygens (including phenoxy) is 1. The van der Waals surface area contributed by atoms with Gasteiger partial charge in [0.25, 0.3) is 0 Å². The summed E-state index contributed by atoms with van der Waals surface area (Å²) in [6.45, 7) is 1.88. The van der Waals surface area contributed by atoms with Crippen LogP contribution in [0.1, 0.15) is 23.1 Å². The molecule has 0 aliphatic carbocycles. The number of hydrogen-bond acceptors (Lipinski definition) is 4. The minimum atomic E-state index is -4.52. The van der Waals surface area contributed by atoms with E-state index in [-0.39, 0.29) is 5.69 Å². The second-order valence-electron chi connectivity index (χ2n) is 5.83. The number of anilines is 1. The molecule has 2 aromatic carbocycles. The minimum absolute atomic E-state index is 0.0529. The summed E-state index contributed by atoms with van der Waals surface area (Å²) in [7, 11) is 1.54. The molecule has 0 bridgehead atoms. The Morgan fingerprint density at radius 1 is 1.14 bits per heavy atom. The summed E-state index contributed by atoms with van der Waals surface area (Å²) < 4.78 is 43.2. The summed E-state index contributed by atoms with van der Waals surface area (Å²) >= 11 is 0. The lowest BCUT2D eigenvalue weighted by Crippen LogP contribution is -2.24. The molecule has 148 valence electrons. The number of nitrogens with one attached hydrogen (secondary N) is 2. The summed E-state index contributed by atoms with van der Waals surface area (Å²) in [6, 6.07) is 9.46. The smallest absolute Gasteiger partial charge is 0.416 e. The molecule has 0 heterocycles. The van der Waals surface area contributed by atoms with Crippen LogP contribution >= 0.6 is 0 Å². The van der Waals surface area contributed by atoms with Gasteiger partial charge >= 0.3 is 6.18 Å². The first-order valence-corrected chi connectivity index (χ1v) is 8.12. The average Bonchev–Trinajstić information content (AvgIpc) is 2.62. The van der Waals surface area contributed by atoms with Gasteiger partial charge < -0.3 is 10.1 Å². The van der Waals surface area contributed by atoms with Crippen LogP contribution in [0.3, 0.4) is 0 Å². The molecule has 2 N–H and O–H groups in total. The Morgan fingerprint density at radius 3 is 2.57 bits per heavy atom. The Kier molecular flexibility index (Phi) is 6.75. The zero-order chi connectivity index (χ0) is 20.7. The number of benzene rings is 2. The Hall–Kier alpha value is -3.36. The van der Waals surface area contributed by atoms with Crippen LogP contribution in [0, 0.1) is 6.92 Å². The number of carbonyl (C=O) groups is 2. The highest BCUT2D eigenvalue weighted by Gasteiger charge is 2.30. The Morgan fingerprint density at radius 2 is 1.89 bits per heavy atom. The number of rotatable bonds is 6. The quantitative estimate of drug-likeness (QED) is 0.448. The van der Waals surface area contributed by atoms with Gasteiger partial charge in [-0.05, 0) is 42.3 Å². The molecular formula is C19H18F3N3O3. The second-order valence-corrected chi connectivity index (χ2v) is 5.83. The minimum Gasteiger partial charge on any atom is -0.496 e. The van der Waals surface area contributed by atoms with Gasteiger partial charge in [0.05, 0.1) is 18.9 Å². The van der Waals surface area contributed by atoms with E-state index in [1.807, 2.05) is 13.0 Å². The molecule has 0 aliphatic heterocycles. The monoisotopic (exact) mass is 393 g/mol. The Labute approximate surface area is 159 Å². The molecule has 2 rings (SSSR count). The first-order valence-electron chi connectivity index (χ1n) is 8.12. The van der Waals surface area contributed by atoms with E-state index < -0.39 is 30.0 Å². The van der Waals surface area contributed by atoms with Crippen LogP contribution in [-0.4, -0.2) is 25.1 Å². The Balaban J connectivity index is 1.88. The number of alkyl halides is 3. The fraction of sp³-hybridized carbons (Fsp3) is 0.211. The van der Waals surface area contributed by atoms with Crippen molar-refractivity contribution in [3.63, 3.8) is 0 Å². The van der Waals surface area contributed by atoms with E-state index in [0.717, 1.165) is 17.7 Å². The molecule has 2 amide bonds. The number of amides is 2. The van der Waals surface area contributed by atoms with Crippen LogP contribution < -0.4 is 15.5 Å². The third kappa shape index (κ3) is 6.11. The van der Waals surface area contributed by atoms with Crippen molar-refractivity contribution in [1.82, 2.24) is 5.43 Å². The maximum absolute atomic E-state index is 12.7. The summed E-state index contributed by atoms with van der Waals surface area (Å²) in [4.78, 5) is 23.6. The van der Waals surface area contributed by atoms with E-state index in [4.69, 9.17) is 4.74 Å². The maximum atomic E-state index is 12.7. The molecule has 0 aromatic heterocycles. The molecule has 9 heteroatoms. The van der Waals surface area contributed by atoms with Crippen LogP contribution in [0.4, 0.5) is 18.9 Å². The number of hydrazone groups is 1. The molecule has 0 spiro atoms. The van der Waals surface area contributed by atoms with Gasteiger partial charge in [0, 0.05) is 5.69 Å². The molecule has 0 atom stereocenters. The van der Waals surface area contributed by atoms with Gasteiger partial charge in [-0.1, -0.05) is 18.2 Å². The van der Waals surface area contributed by atoms with Crippen LogP contribution in [0.25, 0.3) is 0 Å². The molecular weight excluding hydrogens is 375 g/mol. The van der Waals surface area contributed by atoms with Gasteiger partial charge in [0.15, 0.2) is 0 Å². The van der Waals surface area contributed by atoms with Crippen LogP contribution in [0.5, 0.6) is 5.75 Å². The standard InChI is InChI=1S/C19H18F3N3O3/c1-12-6-7-13(8-16(12)28-2)11-23-25-18(27)10-17(26)24-15-5-3-4-14(9-15)19(20,21)22/h3-9,11H,10H2,1-2H3,(H,24,26)(H,25,27). The molecule has 0 fully saturated rings. The molecule has 0 aliphatic rings. The molecule has 0 unspecified atom stereocenters. The molecule has 28 heavy (non-hydrogen) atoms. The van der Waals surface area contributed by atoms with Gasteiger partial charge in [-0.15, -0.1) is 0 Å². The van der Waals surface area contributed by atoms with Crippen molar-refractivity contribution < 1.29 is 27.5 Å². The fourth-order valence-electron chi connectivity index (χ4n) is 2.26. The predicted octanol–water partition coefficient (Wildman–Crippen LogP) is 3.50. The molecule has 0 saturated carbocycles. The second kappa shape index (κ2) is 9.03. The van der Waals surface area contributed by atoms with E-state index in [1.54, 1.807) is 12.1 Å². The summed E-state index contributed by atoms with van der Waals surface area (Å²) in [5, 5.41) is 5.99. The van der Waals surface area contributed by atoms with Crippen molar-refractivity contribution in [3.05, 3.63) is 59.2 Å². The van der Waals surface area contributed by atoms with Crippen LogP contribution in [0.2, 0.25) is 0 Å². The van der Waals surface area contributed by atoms with Crippen molar-refractivity contribution in [3.8, 4) is 5.75 Å². The highest BCUT2D eigenvalue weighted by Crippen LogP contribution is 2.30. The summed E-state index contributed by atoms with van der Waals surface area (Å²) in [5.74, 6) is -0.806. The number of nitrogens with zero attached hydrogens (tertiary/aromatic N) is 1. The molecule has 6 nitrogen and oxygen atoms in total. The van der Waals surface area contributed by atoms with E-state index >= 15 is 0 Å². The fourth-order valence-corrected chi connectivity index (χ4v) is 2.26. The number of aryl methyl sites for hydroxylation is 1. The van der Waals surface area contributed by atoms with Gasteiger partial charge in [-0.25, -0.2) is 5.43 Å². The van der Waals surface area contributed by atoms with E-state index in [0.29, 0.717) is 11.3 Å². The van der Waals surface area contributed by atoms with Gasteiger partial charge in [-0.3, -0.25) is 9.59 Å². The zero-order valence-electron chi connectivity index (χ0n) is 15.1. The lowest BCUT2D eigenvalue weighted by molar-refractivity contribution is -0.137. The highest BCUT2D eigenvalue weighted by molar-refractivity contribution is 6.03. The van der Waals surface area contributed by atoms with Crippen LogP contribution in [-0.2, 0) is 15.8 Å². The number of methoxy groups -OCH3 is 1. The summed E-state index contributed by atoms with van der Waals surface area (Å²) in [6.07, 6.45) is -3.74. The van der Waals surface area contributed by atoms with E-state index in [9.17, 15) is 22.8 Å². The van der Waals surface area contributed by atoms with Gasteiger partial charge in [0.1, 0.15) is 12.2 Å².